The lowest BCUT2D eigenvalue weighted by molar-refractivity contribution is -0.0129. The number of hydrogen-bond acceptors (Lipinski definition) is 4. The molecule has 0 bridgehead atoms. The Morgan fingerprint density at radius 1 is 1.32 bits per heavy atom. The van der Waals surface area contributed by atoms with Gasteiger partial charge in [0.2, 0.25) is 0 Å². The summed E-state index contributed by atoms with van der Waals surface area (Å²) in [5, 5.41) is 3.29. The molecule has 106 valence electrons. The zero-order chi connectivity index (χ0) is 13.5. The first-order valence-corrected chi connectivity index (χ1v) is 6.83. The van der Waals surface area contributed by atoms with Gasteiger partial charge in [-0.1, -0.05) is 12.1 Å². The lowest BCUT2D eigenvalue weighted by atomic mass is 10.1. The second kappa shape index (κ2) is 7.48. The van der Waals surface area contributed by atoms with Crippen LogP contribution in [0.2, 0.25) is 0 Å². The molecule has 0 aliphatic carbocycles. The predicted molar refractivity (Wildman–Crippen MR) is 74.7 cm³/mol. The first-order chi connectivity index (χ1) is 9.33. The Labute approximate surface area is 115 Å². The van der Waals surface area contributed by atoms with Crippen molar-refractivity contribution in [3.63, 3.8) is 0 Å². The minimum atomic E-state index is 0.0866. The van der Waals surface area contributed by atoms with Crippen molar-refractivity contribution in [2.24, 2.45) is 0 Å². The van der Waals surface area contributed by atoms with Gasteiger partial charge in [-0.2, -0.15) is 0 Å². The third kappa shape index (κ3) is 4.20. The molecule has 1 aliphatic heterocycles. The van der Waals surface area contributed by atoms with E-state index in [0.29, 0.717) is 12.6 Å². The molecular formula is C15H23NO3. The van der Waals surface area contributed by atoms with Gasteiger partial charge in [-0.05, 0) is 37.6 Å². The number of rotatable bonds is 6. The van der Waals surface area contributed by atoms with E-state index in [-0.39, 0.29) is 6.10 Å². The van der Waals surface area contributed by atoms with Crippen LogP contribution in [-0.4, -0.2) is 46.1 Å². The van der Waals surface area contributed by atoms with Crippen LogP contribution in [0, 0.1) is 0 Å². The monoisotopic (exact) mass is 265 g/mol. The van der Waals surface area contributed by atoms with Gasteiger partial charge in [0, 0.05) is 19.8 Å². The highest BCUT2D eigenvalue weighted by molar-refractivity contribution is 5.27. The fourth-order valence-electron chi connectivity index (χ4n) is 2.29. The molecule has 0 spiro atoms. The molecule has 1 aromatic carbocycles. The summed E-state index contributed by atoms with van der Waals surface area (Å²) in [6.07, 6.45) is 2.01. The maximum absolute atomic E-state index is 6.00. The van der Waals surface area contributed by atoms with Gasteiger partial charge in [-0.25, -0.2) is 0 Å². The summed E-state index contributed by atoms with van der Waals surface area (Å²) in [7, 11) is 3.69. The van der Waals surface area contributed by atoms with Crippen LogP contribution in [0.15, 0.2) is 24.3 Å². The Bertz CT molecular complexity index is 366. The Balaban J connectivity index is 1.90. The number of nitrogens with one attached hydrogen (secondary N) is 1. The Kier molecular flexibility index (Phi) is 5.63. The van der Waals surface area contributed by atoms with Crippen LogP contribution in [0.3, 0.4) is 0 Å². The molecule has 0 amide bonds. The van der Waals surface area contributed by atoms with Crippen LogP contribution in [0.1, 0.15) is 12.0 Å². The molecule has 4 heteroatoms. The van der Waals surface area contributed by atoms with E-state index in [1.54, 1.807) is 7.11 Å². The largest absolute Gasteiger partial charge is 0.486 e. The molecule has 19 heavy (non-hydrogen) atoms. The quantitative estimate of drug-likeness (QED) is 0.848. The van der Waals surface area contributed by atoms with Gasteiger partial charge in [0.1, 0.15) is 11.9 Å². The minimum absolute atomic E-state index is 0.0866. The molecule has 2 unspecified atom stereocenters. The normalized spacial score (nSPS) is 23.3. The van der Waals surface area contributed by atoms with E-state index >= 15 is 0 Å². The second-order valence-corrected chi connectivity index (χ2v) is 4.80. The van der Waals surface area contributed by atoms with Crippen LogP contribution >= 0.6 is 0 Å². The SMILES string of the molecule is CNC1CCOCC1Oc1ccc(CCOC)cc1. The Hall–Kier alpha value is -1.10. The lowest BCUT2D eigenvalue weighted by Crippen LogP contribution is -2.48. The Morgan fingerprint density at radius 3 is 2.79 bits per heavy atom. The molecule has 1 saturated heterocycles. The summed E-state index contributed by atoms with van der Waals surface area (Å²) < 4.78 is 16.6. The van der Waals surface area contributed by atoms with Crippen molar-refractivity contribution >= 4 is 0 Å². The van der Waals surface area contributed by atoms with Crippen LogP contribution in [0.5, 0.6) is 5.75 Å². The van der Waals surface area contributed by atoms with E-state index in [2.05, 4.69) is 17.4 Å². The van der Waals surface area contributed by atoms with Crippen molar-refractivity contribution in [2.75, 3.05) is 34.0 Å². The first-order valence-electron chi connectivity index (χ1n) is 6.83. The highest BCUT2D eigenvalue weighted by Crippen LogP contribution is 2.18. The third-order valence-electron chi connectivity index (χ3n) is 3.48. The third-order valence-corrected chi connectivity index (χ3v) is 3.48. The number of hydrogen-bond donors (Lipinski definition) is 1. The molecule has 2 rings (SSSR count). The smallest absolute Gasteiger partial charge is 0.137 e. The highest BCUT2D eigenvalue weighted by atomic mass is 16.5. The predicted octanol–water partition coefficient (Wildman–Crippen LogP) is 1.63. The maximum Gasteiger partial charge on any atom is 0.137 e. The molecule has 0 saturated carbocycles. The molecule has 1 N–H and O–H groups in total. The molecule has 1 heterocycles. The van der Waals surface area contributed by atoms with E-state index in [4.69, 9.17) is 14.2 Å². The number of benzene rings is 1. The fourth-order valence-corrected chi connectivity index (χ4v) is 2.29. The maximum atomic E-state index is 6.00. The summed E-state index contributed by atoms with van der Waals surface area (Å²) in [5.41, 5.74) is 1.26. The minimum Gasteiger partial charge on any atom is -0.486 e. The van der Waals surface area contributed by atoms with Crippen molar-refractivity contribution in [1.82, 2.24) is 5.32 Å². The van der Waals surface area contributed by atoms with E-state index in [1.807, 2.05) is 19.2 Å². The zero-order valence-electron chi connectivity index (χ0n) is 11.7. The van der Waals surface area contributed by atoms with Gasteiger partial charge in [-0.3, -0.25) is 0 Å². The van der Waals surface area contributed by atoms with E-state index < -0.39 is 0 Å². The molecule has 1 aliphatic rings. The topological polar surface area (TPSA) is 39.7 Å². The van der Waals surface area contributed by atoms with Crippen LogP contribution < -0.4 is 10.1 Å². The van der Waals surface area contributed by atoms with Crippen molar-refractivity contribution in [2.45, 2.75) is 25.0 Å². The van der Waals surface area contributed by atoms with Crippen molar-refractivity contribution in [3.05, 3.63) is 29.8 Å². The first kappa shape index (κ1) is 14.3. The summed E-state index contributed by atoms with van der Waals surface area (Å²) in [5.74, 6) is 0.900. The number of ether oxygens (including phenoxy) is 3. The molecule has 0 aromatic heterocycles. The van der Waals surface area contributed by atoms with Crippen molar-refractivity contribution < 1.29 is 14.2 Å². The van der Waals surface area contributed by atoms with Gasteiger partial charge in [0.05, 0.1) is 13.2 Å². The van der Waals surface area contributed by atoms with Crippen LogP contribution in [0.4, 0.5) is 0 Å². The van der Waals surface area contributed by atoms with Gasteiger partial charge >= 0.3 is 0 Å². The lowest BCUT2D eigenvalue weighted by Gasteiger charge is -2.31. The number of methoxy groups -OCH3 is 1. The van der Waals surface area contributed by atoms with Crippen molar-refractivity contribution in [3.8, 4) is 5.75 Å². The average molecular weight is 265 g/mol. The van der Waals surface area contributed by atoms with E-state index in [1.165, 1.54) is 5.56 Å². The van der Waals surface area contributed by atoms with Gasteiger partial charge in [0.15, 0.2) is 0 Å². The standard InChI is InChI=1S/C15H23NO3/c1-16-14-8-10-18-11-15(14)19-13-5-3-12(4-6-13)7-9-17-2/h3-6,14-16H,7-11H2,1-2H3. The fraction of sp³-hybridized carbons (Fsp3) is 0.600. The van der Waals surface area contributed by atoms with Gasteiger partial charge in [-0.15, -0.1) is 0 Å². The van der Waals surface area contributed by atoms with Gasteiger partial charge in [0.25, 0.3) is 0 Å². The molecule has 0 radical (unpaired) electrons. The molecule has 1 fully saturated rings. The zero-order valence-corrected chi connectivity index (χ0v) is 11.7. The highest BCUT2D eigenvalue weighted by Gasteiger charge is 2.25. The Morgan fingerprint density at radius 2 is 2.11 bits per heavy atom. The van der Waals surface area contributed by atoms with Crippen molar-refractivity contribution in [1.29, 1.82) is 0 Å². The summed E-state index contributed by atoms with van der Waals surface area (Å²) >= 11 is 0. The molecular weight excluding hydrogens is 242 g/mol. The van der Waals surface area contributed by atoms with E-state index in [9.17, 15) is 0 Å². The molecule has 2 atom stereocenters. The summed E-state index contributed by atoms with van der Waals surface area (Å²) in [6, 6.07) is 8.58. The van der Waals surface area contributed by atoms with Crippen LogP contribution in [-0.2, 0) is 15.9 Å². The number of likely N-dealkylation sites (N-methyl/N-ethyl adjacent to an activating group) is 1. The molecule has 4 nitrogen and oxygen atoms in total. The average Bonchev–Trinajstić information content (AvgIpc) is 2.47. The summed E-state index contributed by atoms with van der Waals surface area (Å²) in [4.78, 5) is 0. The molecule has 1 aromatic rings. The second-order valence-electron chi connectivity index (χ2n) is 4.80. The van der Waals surface area contributed by atoms with Gasteiger partial charge < -0.3 is 19.5 Å². The van der Waals surface area contributed by atoms with Crippen LogP contribution in [0.25, 0.3) is 0 Å². The summed E-state index contributed by atoms with van der Waals surface area (Å²) in [6.45, 7) is 2.21. The van der Waals surface area contributed by atoms with E-state index in [0.717, 1.165) is 31.8 Å².